The minimum atomic E-state index is 0.795. The molecular formula is C6H5ClSe. The van der Waals surface area contributed by atoms with Crippen LogP contribution in [-0.2, 0) is 0 Å². The second-order valence-electron chi connectivity index (χ2n) is 1.48. The fourth-order valence-corrected chi connectivity index (χ4v) is 1.30. The van der Waals surface area contributed by atoms with Crippen LogP contribution in [0.4, 0.5) is 0 Å². The summed E-state index contributed by atoms with van der Waals surface area (Å²) < 4.78 is 1.14. The van der Waals surface area contributed by atoms with E-state index in [0.29, 0.717) is 0 Å². The Morgan fingerprint density at radius 1 is 1.38 bits per heavy atom. The zero-order valence-electron chi connectivity index (χ0n) is 4.13. The molecule has 0 aromatic heterocycles. The first kappa shape index (κ1) is 6.15. The van der Waals surface area contributed by atoms with Gasteiger partial charge in [0.15, 0.2) is 0 Å². The summed E-state index contributed by atoms with van der Waals surface area (Å²) in [5, 5.41) is 0.795. The van der Waals surface area contributed by atoms with E-state index in [4.69, 9.17) is 11.6 Å². The molecule has 8 heavy (non-hydrogen) atoms. The summed E-state index contributed by atoms with van der Waals surface area (Å²) in [6.45, 7) is 0. The average Bonchev–Trinajstić information content (AvgIpc) is 1.64. The van der Waals surface area contributed by atoms with Crippen LogP contribution in [0.1, 0.15) is 0 Å². The zero-order chi connectivity index (χ0) is 5.98. The van der Waals surface area contributed by atoms with Crippen LogP contribution in [0.25, 0.3) is 0 Å². The first-order valence-corrected chi connectivity index (χ1v) is 3.55. The number of hydrogen-bond acceptors (Lipinski definition) is 0. The van der Waals surface area contributed by atoms with E-state index in [-0.39, 0.29) is 0 Å². The van der Waals surface area contributed by atoms with E-state index in [0.717, 1.165) is 9.48 Å². The van der Waals surface area contributed by atoms with Gasteiger partial charge in [-0.25, -0.2) is 0 Å². The Morgan fingerprint density at radius 2 is 2.12 bits per heavy atom. The van der Waals surface area contributed by atoms with E-state index < -0.39 is 0 Å². The molecule has 0 bridgehead atoms. The van der Waals surface area contributed by atoms with Crippen molar-refractivity contribution in [3.05, 3.63) is 29.3 Å². The van der Waals surface area contributed by atoms with Gasteiger partial charge in [0.2, 0.25) is 0 Å². The standard InChI is InChI=1S/C6H5ClSe/c7-5-2-1-3-6(8)4-5/h1-4,8H. The van der Waals surface area contributed by atoms with Gasteiger partial charge in [-0.2, -0.15) is 0 Å². The normalized spacial score (nSPS) is 9.25. The van der Waals surface area contributed by atoms with Crippen molar-refractivity contribution in [1.29, 1.82) is 0 Å². The van der Waals surface area contributed by atoms with Crippen molar-refractivity contribution in [2.75, 3.05) is 0 Å². The fraction of sp³-hybridized carbons (Fsp3) is 0. The van der Waals surface area contributed by atoms with E-state index in [1.807, 2.05) is 24.3 Å². The zero-order valence-corrected chi connectivity index (χ0v) is 6.77. The maximum absolute atomic E-state index is 5.63. The van der Waals surface area contributed by atoms with Crippen LogP contribution >= 0.6 is 11.6 Å². The van der Waals surface area contributed by atoms with Crippen molar-refractivity contribution >= 4 is 32.1 Å². The molecule has 0 amide bonds. The molecule has 1 rings (SSSR count). The van der Waals surface area contributed by atoms with Crippen molar-refractivity contribution < 1.29 is 0 Å². The van der Waals surface area contributed by atoms with Gasteiger partial charge in [-0.3, -0.25) is 0 Å². The predicted octanol–water partition coefficient (Wildman–Crippen LogP) is 0.866. The first-order chi connectivity index (χ1) is 3.79. The second-order valence-corrected chi connectivity index (χ2v) is 3.00. The minimum absolute atomic E-state index is 0.795. The van der Waals surface area contributed by atoms with E-state index in [1.165, 1.54) is 0 Å². The topological polar surface area (TPSA) is 0 Å². The summed E-state index contributed by atoms with van der Waals surface area (Å²) in [4.78, 5) is 0. The molecular weight excluding hydrogens is 186 g/mol. The van der Waals surface area contributed by atoms with Crippen molar-refractivity contribution in [3.8, 4) is 0 Å². The summed E-state index contributed by atoms with van der Waals surface area (Å²) in [5.74, 6) is 0. The molecule has 0 nitrogen and oxygen atoms in total. The molecule has 2 heteroatoms. The molecule has 0 fully saturated rings. The SMILES string of the molecule is Clc1cccc([SeH])c1. The molecule has 0 N–H and O–H groups in total. The van der Waals surface area contributed by atoms with Crippen LogP contribution in [0.3, 0.4) is 0 Å². The Balaban J connectivity index is 3.08. The van der Waals surface area contributed by atoms with E-state index in [9.17, 15) is 0 Å². The van der Waals surface area contributed by atoms with Gasteiger partial charge in [-0.15, -0.1) is 0 Å². The monoisotopic (exact) mass is 192 g/mol. The number of hydrogen-bond donors (Lipinski definition) is 0. The number of benzene rings is 1. The van der Waals surface area contributed by atoms with E-state index in [2.05, 4.69) is 16.0 Å². The van der Waals surface area contributed by atoms with Crippen molar-refractivity contribution in [2.24, 2.45) is 0 Å². The third kappa shape index (κ3) is 1.52. The molecule has 0 aliphatic rings. The van der Waals surface area contributed by atoms with Gasteiger partial charge in [0.25, 0.3) is 0 Å². The Morgan fingerprint density at radius 3 is 2.50 bits per heavy atom. The Kier molecular flexibility index (Phi) is 1.95. The third-order valence-electron chi connectivity index (χ3n) is 0.808. The molecule has 42 valence electrons. The third-order valence-corrected chi connectivity index (χ3v) is 1.63. The van der Waals surface area contributed by atoms with Crippen LogP contribution in [0.15, 0.2) is 24.3 Å². The van der Waals surface area contributed by atoms with Crippen molar-refractivity contribution in [2.45, 2.75) is 0 Å². The first-order valence-electron chi connectivity index (χ1n) is 2.23. The molecule has 1 aromatic rings. The predicted molar refractivity (Wildman–Crippen MR) is 38.2 cm³/mol. The fourth-order valence-electron chi connectivity index (χ4n) is 0.476. The van der Waals surface area contributed by atoms with Gasteiger partial charge in [0.05, 0.1) is 0 Å². The summed E-state index contributed by atoms with van der Waals surface area (Å²) in [7, 11) is 0. The number of halogens is 1. The number of rotatable bonds is 0. The maximum atomic E-state index is 5.63. The van der Waals surface area contributed by atoms with E-state index >= 15 is 0 Å². The van der Waals surface area contributed by atoms with Crippen LogP contribution in [0.2, 0.25) is 5.02 Å². The van der Waals surface area contributed by atoms with Gasteiger partial charge >= 0.3 is 61.4 Å². The molecule has 0 saturated carbocycles. The van der Waals surface area contributed by atoms with Gasteiger partial charge < -0.3 is 0 Å². The average molecular weight is 192 g/mol. The summed E-state index contributed by atoms with van der Waals surface area (Å²) in [6.07, 6.45) is 0. The Labute approximate surface area is 61.7 Å². The van der Waals surface area contributed by atoms with Crippen molar-refractivity contribution in [3.63, 3.8) is 0 Å². The molecule has 0 unspecified atom stereocenters. The molecule has 0 saturated heterocycles. The molecule has 0 radical (unpaired) electrons. The van der Waals surface area contributed by atoms with Crippen LogP contribution in [0.5, 0.6) is 0 Å². The van der Waals surface area contributed by atoms with E-state index in [1.54, 1.807) is 0 Å². The van der Waals surface area contributed by atoms with Gasteiger partial charge in [0.1, 0.15) is 0 Å². The quantitative estimate of drug-likeness (QED) is 0.534. The summed E-state index contributed by atoms with van der Waals surface area (Å²) >= 11 is 8.07. The van der Waals surface area contributed by atoms with Crippen LogP contribution in [0, 0.1) is 0 Å². The van der Waals surface area contributed by atoms with Gasteiger partial charge in [-0.1, -0.05) is 0 Å². The summed E-state index contributed by atoms with van der Waals surface area (Å²) in [5.41, 5.74) is 0. The van der Waals surface area contributed by atoms with Crippen LogP contribution < -0.4 is 4.46 Å². The molecule has 0 heterocycles. The van der Waals surface area contributed by atoms with Gasteiger partial charge in [0, 0.05) is 0 Å². The molecule has 0 spiro atoms. The van der Waals surface area contributed by atoms with Gasteiger partial charge in [-0.05, 0) is 0 Å². The molecule has 0 atom stereocenters. The Hall–Kier alpha value is 0.0295. The van der Waals surface area contributed by atoms with Crippen LogP contribution in [-0.4, -0.2) is 16.0 Å². The van der Waals surface area contributed by atoms with Crippen molar-refractivity contribution in [1.82, 2.24) is 0 Å². The second kappa shape index (κ2) is 2.54. The molecule has 0 aliphatic carbocycles. The molecule has 0 aliphatic heterocycles. The molecule has 1 aromatic carbocycles. The Bertz CT molecular complexity index is 168. The summed E-state index contributed by atoms with van der Waals surface area (Å²) in [6, 6.07) is 7.68.